The molecule has 110 valence electrons. The third-order valence-corrected chi connectivity index (χ3v) is 4.67. The summed E-state index contributed by atoms with van der Waals surface area (Å²) in [5.41, 5.74) is 0.919. The van der Waals surface area contributed by atoms with Gasteiger partial charge in [0.15, 0.2) is 10.8 Å². The molecule has 4 aromatic rings. The molecular weight excluding hydrogens is 395 g/mol. The number of H-pyrrole nitrogens is 1. The first kappa shape index (κ1) is 13.8. The SMILES string of the molecule is Fc1cc(Br)ccc1-c1nnc2sc(-c3[nH]ncc3Cl)nn12. The van der Waals surface area contributed by atoms with E-state index in [4.69, 9.17) is 11.6 Å². The van der Waals surface area contributed by atoms with Gasteiger partial charge in [-0.05, 0) is 18.2 Å². The van der Waals surface area contributed by atoms with Crippen LogP contribution in [0.5, 0.6) is 0 Å². The van der Waals surface area contributed by atoms with Crippen molar-refractivity contribution in [1.82, 2.24) is 30.0 Å². The smallest absolute Gasteiger partial charge is 0.235 e. The molecule has 0 saturated carbocycles. The van der Waals surface area contributed by atoms with Crippen molar-refractivity contribution in [1.29, 1.82) is 0 Å². The molecule has 0 spiro atoms. The second kappa shape index (κ2) is 5.11. The Kier molecular flexibility index (Phi) is 3.21. The Balaban J connectivity index is 1.89. The van der Waals surface area contributed by atoms with E-state index in [9.17, 15) is 4.39 Å². The molecule has 3 aromatic heterocycles. The van der Waals surface area contributed by atoms with Crippen molar-refractivity contribution >= 4 is 43.8 Å². The zero-order valence-corrected chi connectivity index (χ0v) is 13.7. The summed E-state index contributed by atoms with van der Waals surface area (Å²) in [6.07, 6.45) is 1.49. The van der Waals surface area contributed by atoms with Gasteiger partial charge in [0.2, 0.25) is 4.96 Å². The van der Waals surface area contributed by atoms with Gasteiger partial charge in [-0.3, -0.25) is 5.10 Å². The Morgan fingerprint density at radius 3 is 2.91 bits per heavy atom. The fraction of sp³-hybridized carbons (Fsp3) is 0. The minimum atomic E-state index is -0.405. The van der Waals surface area contributed by atoms with Crippen LogP contribution in [-0.2, 0) is 0 Å². The molecule has 0 saturated heterocycles. The van der Waals surface area contributed by atoms with Crippen LogP contribution in [0.3, 0.4) is 0 Å². The molecule has 0 aliphatic heterocycles. The first-order valence-electron chi connectivity index (χ1n) is 6.00. The van der Waals surface area contributed by atoms with Crippen LogP contribution in [0.25, 0.3) is 27.1 Å². The lowest BCUT2D eigenvalue weighted by atomic mass is 10.2. The van der Waals surface area contributed by atoms with E-state index < -0.39 is 5.82 Å². The molecule has 0 aliphatic carbocycles. The third-order valence-electron chi connectivity index (χ3n) is 2.97. The van der Waals surface area contributed by atoms with E-state index in [0.29, 0.717) is 36.5 Å². The van der Waals surface area contributed by atoms with Gasteiger partial charge in [0.1, 0.15) is 11.5 Å². The number of aromatic amines is 1. The Morgan fingerprint density at radius 2 is 2.18 bits per heavy atom. The molecule has 0 radical (unpaired) electrons. The van der Waals surface area contributed by atoms with E-state index in [1.165, 1.54) is 28.1 Å². The molecule has 0 aliphatic rings. The lowest BCUT2D eigenvalue weighted by Gasteiger charge is -2.00. The average Bonchev–Trinajstić information content (AvgIpc) is 3.14. The van der Waals surface area contributed by atoms with Crippen molar-refractivity contribution in [3.63, 3.8) is 0 Å². The number of benzene rings is 1. The molecule has 4 rings (SSSR count). The molecule has 10 heteroatoms. The molecule has 0 amide bonds. The van der Waals surface area contributed by atoms with Gasteiger partial charge in [-0.1, -0.05) is 38.9 Å². The molecule has 3 heterocycles. The number of rotatable bonds is 2. The van der Waals surface area contributed by atoms with Crippen LogP contribution in [0.4, 0.5) is 4.39 Å². The van der Waals surface area contributed by atoms with Crippen molar-refractivity contribution in [2.75, 3.05) is 0 Å². The predicted octanol–water partition coefficient (Wildman–Crippen LogP) is 3.80. The van der Waals surface area contributed by atoms with E-state index in [1.807, 2.05) is 0 Å². The number of aromatic nitrogens is 6. The third kappa shape index (κ3) is 2.13. The van der Waals surface area contributed by atoms with Crippen LogP contribution in [0.2, 0.25) is 5.02 Å². The summed E-state index contributed by atoms with van der Waals surface area (Å²) in [6, 6.07) is 4.73. The molecule has 0 fully saturated rings. The monoisotopic (exact) mass is 398 g/mol. The second-order valence-corrected chi connectivity index (χ2v) is 6.62. The number of halogens is 3. The van der Waals surface area contributed by atoms with Crippen molar-refractivity contribution in [3.05, 3.63) is 39.7 Å². The predicted molar refractivity (Wildman–Crippen MR) is 84.3 cm³/mol. The molecule has 6 nitrogen and oxygen atoms in total. The highest BCUT2D eigenvalue weighted by Gasteiger charge is 2.19. The summed E-state index contributed by atoms with van der Waals surface area (Å²) in [5.74, 6) is -0.0732. The molecule has 0 atom stereocenters. The Bertz CT molecular complexity index is 993. The fourth-order valence-corrected chi connectivity index (χ4v) is 3.40. The second-order valence-electron chi connectivity index (χ2n) is 4.34. The maximum absolute atomic E-state index is 14.1. The number of fused-ring (bicyclic) bond motifs is 1. The summed E-state index contributed by atoms with van der Waals surface area (Å²) in [7, 11) is 0. The maximum atomic E-state index is 14.1. The van der Waals surface area contributed by atoms with Crippen LogP contribution in [0.15, 0.2) is 28.9 Å². The Labute approximate surface area is 140 Å². The molecule has 22 heavy (non-hydrogen) atoms. The van der Waals surface area contributed by atoms with Gasteiger partial charge in [-0.25, -0.2) is 4.39 Å². The summed E-state index contributed by atoms with van der Waals surface area (Å²) < 4.78 is 16.3. The zero-order valence-electron chi connectivity index (χ0n) is 10.6. The van der Waals surface area contributed by atoms with Gasteiger partial charge in [0.25, 0.3) is 0 Å². The zero-order chi connectivity index (χ0) is 15.3. The van der Waals surface area contributed by atoms with Crippen molar-refractivity contribution in [3.8, 4) is 22.1 Å². The lowest BCUT2D eigenvalue weighted by Crippen LogP contribution is -1.94. The lowest BCUT2D eigenvalue weighted by molar-refractivity contribution is 0.628. The largest absolute Gasteiger partial charge is 0.274 e. The standard InChI is InChI=1S/C12H5BrClFN6S/c13-5-1-2-6(8(15)3-5)10-18-19-12-21(10)20-11(22-12)9-7(14)4-16-17-9/h1-4H,(H,16,17). The number of hydrogen-bond acceptors (Lipinski definition) is 5. The van der Waals surface area contributed by atoms with Crippen LogP contribution >= 0.6 is 38.9 Å². The highest BCUT2D eigenvalue weighted by molar-refractivity contribution is 9.10. The maximum Gasteiger partial charge on any atom is 0.235 e. The minimum absolute atomic E-state index is 0.322. The molecule has 1 N–H and O–H groups in total. The highest BCUT2D eigenvalue weighted by atomic mass is 79.9. The van der Waals surface area contributed by atoms with Crippen molar-refractivity contribution in [2.45, 2.75) is 0 Å². The number of nitrogens with zero attached hydrogens (tertiary/aromatic N) is 5. The van der Waals surface area contributed by atoms with Crippen LogP contribution < -0.4 is 0 Å². The normalized spacial score (nSPS) is 11.4. The molecule has 0 bridgehead atoms. The van der Waals surface area contributed by atoms with E-state index in [-0.39, 0.29) is 0 Å². The first-order valence-corrected chi connectivity index (χ1v) is 7.99. The van der Waals surface area contributed by atoms with Gasteiger partial charge in [0.05, 0.1) is 16.8 Å². The molecule has 0 unspecified atom stereocenters. The Hall–Kier alpha value is -1.84. The topological polar surface area (TPSA) is 71.8 Å². The van der Waals surface area contributed by atoms with Crippen molar-refractivity contribution in [2.24, 2.45) is 0 Å². The summed E-state index contributed by atoms with van der Waals surface area (Å²) in [6.45, 7) is 0. The van der Waals surface area contributed by atoms with E-state index in [1.54, 1.807) is 12.1 Å². The summed E-state index contributed by atoms with van der Waals surface area (Å²) in [4.78, 5) is 0.540. The summed E-state index contributed by atoms with van der Waals surface area (Å²) >= 11 is 10.5. The van der Waals surface area contributed by atoms with Crippen LogP contribution in [0, 0.1) is 5.82 Å². The fourth-order valence-electron chi connectivity index (χ4n) is 1.98. The average molecular weight is 400 g/mol. The van der Waals surface area contributed by atoms with Gasteiger partial charge >= 0.3 is 0 Å². The van der Waals surface area contributed by atoms with Crippen molar-refractivity contribution < 1.29 is 4.39 Å². The molecular formula is C12H5BrClFN6S. The van der Waals surface area contributed by atoms with Gasteiger partial charge in [-0.2, -0.15) is 14.7 Å². The quantitative estimate of drug-likeness (QED) is 0.556. The molecule has 1 aromatic carbocycles. The van der Waals surface area contributed by atoms with E-state index >= 15 is 0 Å². The van der Waals surface area contributed by atoms with Gasteiger partial charge in [-0.15, -0.1) is 10.2 Å². The summed E-state index contributed by atoms with van der Waals surface area (Å²) in [5, 5.41) is 20.1. The van der Waals surface area contributed by atoms with E-state index in [2.05, 4.69) is 41.4 Å². The van der Waals surface area contributed by atoms with E-state index in [0.717, 1.165) is 0 Å². The van der Waals surface area contributed by atoms with Gasteiger partial charge < -0.3 is 0 Å². The van der Waals surface area contributed by atoms with Crippen LogP contribution in [0.1, 0.15) is 0 Å². The Morgan fingerprint density at radius 1 is 1.32 bits per heavy atom. The first-order chi connectivity index (χ1) is 10.6. The van der Waals surface area contributed by atoms with Gasteiger partial charge in [0, 0.05) is 4.47 Å². The number of hydrogen-bond donors (Lipinski definition) is 1. The van der Waals surface area contributed by atoms with Crippen LogP contribution in [-0.4, -0.2) is 30.0 Å². The highest BCUT2D eigenvalue weighted by Crippen LogP contribution is 2.31. The minimum Gasteiger partial charge on any atom is -0.274 e. The number of nitrogens with one attached hydrogen (secondary N) is 1.